The van der Waals surface area contributed by atoms with Crippen molar-refractivity contribution in [2.24, 2.45) is 5.92 Å². The average molecular weight is 360 g/mol. The summed E-state index contributed by atoms with van der Waals surface area (Å²) in [7, 11) is -3.14. The molecule has 0 bridgehead atoms. The minimum atomic E-state index is -3.14. The van der Waals surface area contributed by atoms with E-state index in [4.69, 9.17) is 5.11 Å². The molecule has 1 saturated heterocycles. The van der Waals surface area contributed by atoms with E-state index in [0.717, 1.165) is 29.7 Å². The maximum Gasteiger partial charge on any atom is 0.335 e. The standard InChI is InChI=1S/C18H20N2O4S/c1-25(23,24)20-10-8-13(12-20)11-16-3-2-9-19-17(16)14-4-6-15(7-5-14)18(21)22/h2-7,9,13H,8,10-12H2,1H3,(H,21,22)/t13-/m0/s1. The average Bonchev–Trinajstić information content (AvgIpc) is 3.04. The smallest absolute Gasteiger partial charge is 0.335 e. The predicted molar refractivity (Wildman–Crippen MR) is 94.9 cm³/mol. The summed E-state index contributed by atoms with van der Waals surface area (Å²) in [5.74, 6) is -0.699. The van der Waals surface area contributed by atoms with Gasteiger partial charge in [-0.25, -0.2) is 17.5 Å². The molecular formula is C18H20N2O4S. The van der Waals surface area contributed by atoms with Crippen LogP contribution >= 0.6 is 0 Å². The van der Waals surface area contributed by atoms with E-state index >= 15 is 0 Å². The lowest BCUT2D eigenvalue weighted by molar-refractivity contribution is 0.0697. The lowest BCUT2D eigenvalue weighted by Crippen LogP contribution is -2.27. The number of pyridine rings is 1. The summed E-state index contributed by atoms with van der Waals surface area (Å²) in [4.78, 5) is 15.4. The molecule has 7 heteroatoms. The molecule has 0 amide bonds. The van der Waals surface area contributed by atoms with E-state index in [-0.39, 0.29) is 11.5 Å². The van der Waals surface area contributed by atoms with Crippen LogP contribution in [0.25, 0.3) is 11.3 Å². The Morgan fingerprint density at radius 3 is 2.60 bits per heavy atom. The Kier molecular flexibility index (Phi) is 4.87. The molecule has 6 nitrogen and oxygen atoms in total. The van der Waals surface area contributed by atoms with Crippen LogP contribution in [0.3, 0.4) is 0 Å². The molecule has 25 heavy (non-hydrogen) atoms. The van der Waals surface area contributed by atoms with Crippen LogP contribution in [-0.4, -0.2) is 48.1 Å². The van der Waals surface area contributed by atoms with Crippen molar-refractivity contribution in [1.82, 2.24) is 9.29 Å². The van der Waals surface area contributed by atoms with Gasteiger partial charge in [-0.05, 0) is 42.5 Å². The van der Waals surface area contributed by atoms with Gasteiger partial charge in [-0.15, -0.1) is 0 Å². The van der Waals surface area contributed by atoms with Crippen LogP contribution in [0, 0.1) is 5.92 Å². The van der Waals surface area contributed by atoms with Gasteiger partial charge in [0.2, 0.25) is 10.0 Å². The van der Waals surface area contributed by atoms with E-state index < -0.39 is 16.0 Å². The fourth-order valence-corrected chi connectivity index (χ4v) is 4.13. The number of benzene rings is 1. The van der Waals surface area contributed by atoms with E-state index in [1.807, 2.05) is 12.1 Å². The first-order valence-electron chi connectivity index (χ1n) is 8.07. The summed E-state index contributed by atoms with van der Waals surface area (Å²) in [6, 6.07) is 10.5. The lowest BCUT2D eigenvalue weighted by atomic mass is 9.95. The highest BCUT2D eigenvalue weighted by Gasteiger charge is 2.29. The van der Waals surface area contributed by atoms with Gasteiger partial charge in [-0.2, -0.15) is 0 Å². The summed E-state index contributed by atoms with van der Waals surface area (Å²) < 4.78 is 24.9. The number of carboxylic acid groups (broad SMARTS) is 1. The summed E-state index contributed by atoms with van der Waals surface area (Å²) in [5.41, 5.74) is 2.96. The van der Waals surface area contributed by atoms with Crippen molar-refractivity contribution < 1.29 is 18.3 Å². The van der Waals surface area contributed by atoms with Crippen molar-refractivity contribution in [1.29, 1.82) is 0 Å². The molecule has 0 spiro atoms. The number of carbonyl (C=O) groups is 1. The number of aromatic carboxylic acids is 1. The van der Waals surface area contributed by atoms with Gasteiger partial charge in [-0.1, -0.05) is 18.2 Å². The zero-order valence-corrected chi connectivity index (χ0v) is 14.7. The van der Waals surface area contributed by atoms with Crippen LogP contribution < -0.4 is 0 Å². The van der Waals surface area contributed by atoms with E-state index in [9.17, 15) is 13.2 Å². The molecule has 1 aliphatic rings. The summed E-state index contributed by atoms with van der Waals surface area (Å²) in [6.07, 6.45) is 4.53. The number of nitrogens with zero attached hydrogens (tertiary/aromatic N) is 2. The molecule has 2 heterocycles. The van der Waals surface area contributed by atoms with Crippen LogP contribution in [0.15, 0.2) is 42.6 Å². The Hall–Kier alpha value is -2.25. The molecule has 2 aromatic rings. The zero-order chi connectivity index (χ0) is 18.0. The first kappa shape index (κ1) is 17.6. The van der Waals surface area contributed by atoms with Crippen molar-refractivity contribution in [3.63, 3.8) is 0 Å². The molecule has 132 valence electrons. The number of hydrogen-bond donors (Lipinski definition) is 1. The second-order valence-electron chi connectivity index (χ2n) is 6.37. The molecule has 1 aromatic heterocycles. The zero-order valence-electron chi connectivity index (χ0n) is 13.9. The van der Waals surface area contributed by atoms with Gasteiger partial charge in [0.25, 0.3) is 0 Å². The van der Waals surface area contributed by atoms with Gasteiger partial charge in [0, 0.05) is 24.8 Å². The van der Waals surface area contributed by atoms with Gasteiger partial charge < -0.3 is 5.11 Å². The summed E-state index contributed by atoms with van der Waals surface area (Å²) in [5, 5.41) is 9.01. The summed E-state index contributed by atoms with van der Waals surface area (Å²) in [6.45, 7) is 1.09. The third-order valence-corrected chi connectivity index (χ3v) is 5.79. The number of sulfonamides is 1. The fraction of sp³-hybridized carbons (Fsp3) is 0.333. The van der Waals surface area contributed by atoms with Crippen LogP contribution in [0.4, 0.5) is 0 Å². The molecule has 1 atom stereocenters. The number of aromatic nitrogens is 1. The Balaban J connectivity index is 1.81. The van der Waals surface area contributed by atoms with Crippen LogP contribution in [0.1, 0.15) is 22.3 Å². The Morgan fingerprint density at radius 1 is 1.28 bits per heavy atom. The molecule has 1 N–H and O–H groups in total. The third kappa shape index (κ3) is 4.05. The monoisotopic (exact) mass is 360 g/mol. The van der Waals surface area contributed by atoms with Crippen molar-refractivity contribution >= 4 is 16.0 Å². The van der Waals surface area contributed by atoms with E-state index in [0.29, 0.717) is 13.1 Å². The maximum absolute atomic E-state index is 11.7. The normalized spacial score (nSPS) is 18.4. The second kappa shape index (κ2) is 6.93. The van der Waals surface area contributed by atoms with Crippen molar-refractivity contribution in [2.75, 3.05) is 19.3 Å². The first-order chi connectivity index (χ1) is 11.8. The molecule has 0 saturated carbocycles. The topological polar surface area (TPSA) is 87.6 Å². The molecule has 0 radical (unpaired) electrons. The van der Waals surface area contributed by atoms with Crippen LogP contribution in [0.2, 0.25) is 0 Å². The Morgan fingerprint density at radius 2 is 2.00 bits per heavy atom. The Bertz CT molecular complexity index is 878. The van der Waals surface area contributed by atoms with E-state index in [1.165, 1.54) is 10.6 Å². The number of carboxylic acids is 1. The first-order valence-corrected chi connectivity index (χ1v) is 9.92. The second-order valence-corrected chi connectivity index (χ2v) is 8.36. The molecular weight excluding hydrogens is 340 g/mol. The van der Waals surface area contributed by atoms with Gasteiger partial charge in [0.1, 0.15) is 0 Å². The molecule has 1 aromatic carbocycles. The predicted octanol–water partition coefficient (Wildman–Crippen LogP) is 2.27. The maximum atomic E-state index is 11.7. The van der Waals surface area contributed by atoms with Gasteiger partial charge >= 0.3 is 5.97 Å². The highest BCUT2D eigenvalue weighted by molar-refractivity contribution is 7.88. The van der Waals surface area contributed by atoms with Crippen LogP contribution in [0.5, 0.6) is 0 Å². The molecule has 3 rings (SSSR count). The SMILES string of the molecule is CS(=O)(=O)N1CC[C@@H](Cc2cccnc2-c2ccc(C(=O)O)cc2)C1. The molecule has 0 unspecified atom stereocenters. The fourth-order valence-electron chi connectivity index (χ4n) is 3.21. The van der Waals surface area contributed by atoms with Gasteiger partial charge in [-0.3, -0.25) is 4.98 Å². The van der Waals surface area contributed by atoms with Crippen LogP contribution in [-0.2, 0) is 16.4 Å². The summed E-state index contributed by atoms with van der Waals surface area (Å²) >= 11 is 0. The number of hydrogen-bond acceptors (Lipinski definition) is 4. The Labute approximate surface area is 147 Å². The minimum Gasteiger partial charge on any atom is -0.478 e. The minimum absolute atomic E-state index is 0.237. The highest BCUT2D eigenvalue weighted by Crippen LogP contribution is 2.28. The largest absolute Gasteiger partial charge is 0.478 e. The van der Waals surface area contributed by atoms with Gasteiger partial charge in [0.15, 0.2) is 0 Å². The van der Waals surface area contributed by atoms with Crippen molar-refractivity contribution in [3.8, 4) is 11.3 Å². The molecule has 0 aliphatic carbocycles. The lowest BCUT2D eigenvalue weighted by Gasteiger charge is -2.15. The van der Waals surface area contributed by atoms with Crippen molar-refractivity contribution in [3.05, 3.63) is 53.7 Å². The number of rotatable bonds is 5. The molecule has 1 aliphatic heterocycles. The van der Waals surface area contributed by atoms with Gasteiger partial charge in [0.05, 0.1) is 17.5 Å². The molecule has 1 fully saturated rings. The highest BCUT2D eigenvalue weighted by atomic mass is 32.2. The quantitative estimate of drug-likeness (QED) is 0.884. The van der Waals surface area contributed by atoms with E-state index in [1.54, 1.807) is 30.5 Å². The van der Waals surface area contributed by atoms with E-state index in [2.05, 4.69) is 4.98 Å². The van der Waals surface area contributed by atoms with Crippen molar-refractivity contribution in [2.45, 2.75) is 12.8 Å². The third-order valence-electron chi connectivity index (χ3n) is 4.52.